The topological polar surface area (TPSA) is 117 Å². The Labute approximate surface area is 192 Å². The van der Waals surface area contributed by atoms with Crippen molar-refractivity contribution in [2.45, 2.75) is 31.9 Å². The maximum atomic E-state index is 14.7. The first-order chi connectivity index (χ1) is 16.4. The number of ether oxygens (including phenoxy) is 3. The predicted octanol–water partition coefficient (Wildman–Crippen LogP) is 1.18. The van der Waals surface area contributed by atoms with Crippen LogP contribution in [-0.4, -0.2) is 57.4 Å². The molecule has 178 valence electrons. The molecule has 4 heterocycles. The number of amides is 1. The van der Waals surface area contributed by atoms with Crippen molar-refractivity contribution in [2.75, 3.05) is 25.2 Å². The average molecular weight is 471 g/mol. The minimum Gasteiger partial charge on any atom is -0.479 e. The van der Waals surface area contributed by atoms with Crippen LogP contribution in [-0.2, 0) is 20.9 Å². The SMILES string of the molecule is COC(=O)Cn1nc2c(F)cc(N3CC[C@@H](Oc4ccc(OCC5CC5)nc4)C3=O)cn2c1=O. The number of hydrogen-bond donors (Lipinski definition) is 0. The van der Waals surface area contributed by atoms with Crippen molar-refractivity contribution >= 4 is 23.2 Å². The summed E-state index contributed by atoms with van der Waals surface area (Å²) in [5, 5.41) is 3.84. The first-order valence-corrected chi connectivity index (χ1v) is 10.9. The van der Waals surface area contributed by atoms with Crippen LogP contribution in [0.2, 0.25) is 0 Å². The van der Waals surface area contributed by atoms with Gasteiger partial charge in [0, 0.05) is 31.3 Å². The summed E-state index contributed by atoms with van der Waals surface area (Å²) in [6.45, 7) is 0.465. The van der Waals surface area contributed by atoms with Crippen LogP contribution in [0.4, 0.5) is 10.1 Å². The summed E-state index contributed by atoms with van der Waals surface area (Å²) in [5.41, 5.74) is -0.800. The molecule has 0 bridgehead atoms. The smallest absolute Gasteiger partial charge is 0.351 e. The lowest BCUT2D eigenvalue weighted by Crippen LogP contribution is -2.33. The van der Waals surface area contributed by atoms with Gasteiger partial charge in [0.1, 0.15) is 12.3 Å². The second kappa shape index (κ2) is 8.76. The summed E-state index contributed by atoms with van der Waals surface area (Å²) in [6, 6.07) is 4.50. The molecule has 12 heteroatoms. The summed E-state index contributed by atoms with van der Waals surface area (Å²) >= 11 is 0. The van der Waals surface area contributed by atoms with Crippen molar-refractivity contribution in [3.63, 3.8) is 0 Å². The highest BCUT2D eigenvalue weighted by Gasteiger charge is 2.35. The minimum absolute atomic E-state index is 0.183. The van der Waals surface area contributed by atoms with Crippen LogP contribution in [0.15, 0.2) is 35.4 Å². The van der Waals surface area contributed by atoms with Gasteiger partial charge in [-0.05, 0) is 24.8 Å². The number of nitrogens with zero attached hydrogens (tertiary/aromatic N) is 5. The van der Waals surface area contributed by atoms with Crippen LogP contribution < -0.4 is 20.1 Å². The van der Waals surface area contributed by atoms with Gasteiger partial charge < -0.3 is 19.1 Å². The molecule has 5 rings (SSSR count). The Kier molecular flexibility index (Phi) is 5.64. The van der Waals surface area contributed by atoms with Gasteiger partial charge >= 0.3 is 11.7 Å². The number of halogens is 1. The first kappa shape index (κ1) is 21.9. The second-order valence-electron chi connectivity index (χ2n) is 8.23. The van der Waals surface area contributed by atoms with Gasteiger partial charge in [-0.3, -0.25) is 9.59 Å². The number of pyridine rings is 2. The average Bonchev–Trinajstić information content (AvgIpc) is 3.53. The zero-order chi connectivity index (χ0) is 23.8. The molecule has 1 saturated carbocycles. The lowest BCUT2D eigenvalue weighted by molar-refractivity contribution is -0.141. The van der Waals surface area contributed by atoms with Crippen molar-refractivity contribution in [3.05, 3.63) is 46.9 Å². The Balaban J connectivity index is 1.30. The third kappa shape index (κ3) is 4.30. The Morgan fingerprint density at radius 3 is 2.76 bits per heavy atom. The predicted molar refractivity (Wildman–Crippen MR) is 115 cm³/mol. The van der Waals surface area contributed by atoms with Gasteiger partial charge in [0.15, 0.2) is 17.6 Å². The molecule has 2 aliphatic rings. The molecule has 2 fully saturated rings. The molecule has 0 aromatic carbocycles. The minimum atomic E-state index is -0.804. The Bertz CT molecular complexity index is 1300. The molecule has 11 nitrogen and oxygen atoms in total. The molecule has 3 aromatic heterocycles. The summed E-state index contributed by atoms with van der Waals surface area (Å²) in [7, 11) is 1.17. The van der Waals surface area contributed by atoms with Crippen LogP contribution in [0, 0.1) is 11.7 Å². The van der Waals surface area contributed by atoms with E-state index in [0.717, 1.165) is 15.1 Å². The van der Waals surface area contributed by atoms with E-state index in [1.165, 1.54) is 37.2 Å². The van der Waals surface area contributed by atoms with E-state index in [0.29, 0.717) is 30.6 Å². The third-order valence-electron chi connectivity index (χ3n) is 5.75. The van der Waals surface area contributed by atoms with Gasteiger partial charge in [-0.2, -0.15) is 0 Å². The fourth-order valence-electron chi connectivity index (χ4n) is 3.69. The van der Waals surface area contributed by atoms with Crippen molar-refractivity contribution in [3.8, 4) is 11.6 Å². The van der Waals surface area contributed by atoms with E-state index in [9.17, 15) is 18.8 Å². The molecule has 34 heavy (non-hydrogen) atoms. The Hall–Kier alpha value is -3.96. The molecule has 0 spiro atoms. The van der Waals surface area contributed by atoms with Gasteiger partial charge in [0.25, 0.3) is 5.91 Å². The van der Waals surface area contributed by atoms with E-state index in [2.05, 4.69) is 14.8 Å². The maximum Gasteiger partial charge on any atom is 0.351 e. The normalized spacial score (nSPS) is 17.9. The van der Waals surface area contributed by atoms with Gasteiger partial charge in [0.2, 0.25) is 5.88 Å². The van der Waals surface area contributed by atoms with Crippen LogP contribution >= 0.6 is 0 Å². The lowest BCUT2D eigenvalue weighted by atomic mass is 10.3. The van der Waals surface area contributed by atoms with Crippen LogP contribution in [0.1, 0.15) is 19.3 Å². The van der Waals surface area contributed by atoms with E-state index in [-0.39, 0.29) is 23.8 Å². The molecule has 3 aromatic rings. The highest BCUT2D eigenvalue weighted by atomic mass is 19.1. The number of rotatable bonds is 8. The standard InChI is InChI=1S/C22H22FN5O6/c1-32-19(29)11-28-22(31)27-10-14(8-16(23)20(27)25-28)26-7-6-17(21(26)30)34-15-4-5-18(24-9-15)33-12-13-2-3-13/h4-5,8-10,13,17H,2-3,6-7,11-12H2,1H3/t17-/m1/s1. The van der Waals surface area contributed by atoms with Crippen molar-refractivity contribution in [2.24, 2.45) is 5.92 Å². The molecule has 1 aliphatic carbocycles. The van der Waals surface area contributed by atoms with E-state index >= 15 is 0 Å². The molecule has 1 amide bonds. The fourth-order valence-corrected chi connectivity index (χ4v) is 3.69. The molecule has 0 radical (unpaired) electrons. The number of esters is 1. The van der Waals surface area contributed by atoms with Crippen LogP contribution in [0.5, 0.6) is 11.6 Å². The Morgan fingerprint density at radius 2 is 2.06 bits per heavy atom. The van der Waals surface area contributed by atoms with Gasteiger partial charge in [-0.25, -0.2) is 23.3 Å². The quantitative estimate of drug-likeness (QED) is 0.450. The van der Waals surface area contributed by atoms with Crippen molar-refractivity contribution < 1.29 is 28.2 Å². The third-order valence-corrected chi connectivity index (χ3v) is 5.75. The van der Waals surface area contributed by atoms with Gasteiger partial charge in [0.05, 0.1) is 25.6 Å². The number of fused-ring (bicyclic) bond motifs is 1. The summed E-state index contributed by atoms with van der Waals surface area (Å²) in [4.78, 5) is 42.5. The molecule has 0 N–H and O–H groups in total. The largest absolute Gasteiger partial charge is 0.479 e. The fraction of sp³-hybridized carbons (Fsp3) is 0.409. The number of hydrogen-bond acceptors (Lipinski definition) is 8. The van der Waals surface area contributed by atoms with E-state index in [4.69, 9.17) is 9.47 Å². The summed E-state index contributed by atoms with van der Waals surface area (Å²) in [6.07, 6.45) is 4.77. The number of anilines is 1. The molecule has 0 unspecified atom stereocenters. The zero-order valence-electron chi connectivity index (χ0n) is 18.3. The van der Waals surface area contributed by atoms with E-state index < -0.39 is 30.1 Å². The van der Waals surface area contributed by atoms with Gasteiger partial charge in [-0.15, -0.1) is 5.10 Å². The summed E-state index contributed by atoms with van der Waals surface area (Å²) < 4.78 is 32.4. The highest BCUT2D eigenvalue weighted by Crippen LogP contribution is 2.30. The second-order valence-corrected chi connectivity index (χ2v) is 8.23. The number of carbonyl (C=O) groups is 2. The molecule has 1 aliphatic heterocycles. The molecular formula is C22H22FN5O6. The Morgan fingerprint density at radius 1 is 1.24 bits per heavy atom. The number of aromatic nitrogens is 4. The molecular weight excluding hydrogens is 449 g/mol. The van der Waals surface area contributed by atoms with E-state index in [1.807, 2.05) is 0 Å². The lowest BCUT2D eigenvalue weighted by Gasteiger charge is -2.17. The molecule has 1 saturated heterocycles. The highest BCUT2D eigenvalue weighted by molar-refractivity contribution is 5.99. The first-order valence-electron chi connectivity index (χ1n) is 10.9. The number of methoxy groups -OCH3 is 1. The van der Waals surface area contributed by atoms with Crippen molar-refractivity contribution in [1.82, 2.24) is 19.2 Å². The maximum absolute atomic E-state index is 14.7. The van der Waals surface area contributed by atoms with Crippen LogP contribution in [0.3, 0.4) is 0 Å². The monoisotopic (exact) mass is 471 g/mol. The summed E-state index contributed by atoms with van der Waals surface area (Å²) in [5.74, 6) is -0.342. The molecule has 1 atom stereocenters. The van der Waals surface area contributed by atoms with Gasteiger partial charge in [-0.1, -0.05) is 0 Å². The van der Waals surface area contributed by atoms with Crippen molar-refractivity contribution in [1.29, 1.82) is 0 Å². The van der Waals surface area contributed by atoms with E-state index in [1.54, 1.807) is 12.1 Å². The number of carbonyl (C=O) groups excluding carboxylic acids is 2. The zero-order valence-corrected chi connectivity index (χ0v) is 18.3. The van der Waals surface area contributed by atoms with Crippen LogP contribution in [0.25, 0.3) is 5.65 Å².